The van der Waals surface area contributed by atoms with Gasteiger partial charge in [0.05, 0.1) is 0 Å². The fourth-order valence-corrected chi connectivity index (χ4v) is 2.38. The second kappa shape index (κ2) is 6.91. The molecule has 1 rings (SSSR count). The molecule has 1 unspecified atom stereocenters. The number of rotatable bonds is 6. The number of thioether (sulfide) groups is 1. The molecule has 2 heteroatoms. The second-order valence-corrected chi connectivity index (χ2v) is 5.51. The van der Waals surface area contributed by atoms with E-state index >= 15 is 0 Å². The summed E-state index contributed by atoms with van der Waals surface area (Å²) < 4.78 is 0. The Labute approximate surface area is 97.7 Å². The summed E-state index contributed by atoms with van der Waals surface area (Å²) >= 11 is 2.01. The minimum absolute atomic E-state index is 0.489. The first-order valence-corrected chi connectivity index (χ1v) is 6.68. The predicted molar refractivity (Wildman–Crippen MR) is 70.5 cm³/mol. The van der Waals surface area contributed by atoms with Crippen molar-refractivity contribution in [3.05, 3.63) is 35.9 Å². The zero-order chi connectivity index (χ0) is 11.1. The average molecular weight is 223 g/mol. The summed E-state index contributed by atoms with van der Waals surface area (Å²) in [5.41, 5.74) is 1.40. The highest BCUT2D eigenvalue weighted by atomic mass is 32.2. The van der Waals surface area contributed by atoms with Gasteiger partial charge in [-0.05, 0) is 17.4 Å². The molecule has 0 saturated carbocycles. The quantitative estimate of drug-likeness (QED) is 0.792. The van der Waals surface area contributed by atoms with Crippen LogP contribution in [0.5, 0.6) is 0 Å². The summed E-state index contributed by atoms with van der Waals surface area (Å²) in [6.07, 6.45) is 0. The molecule has 0 aliphatic rings. The van der Waals surface area contributed by atoms with Gasteiger partial charge in [0, 0.05) is 11.8 Å². The van der Waals surface area contributed by atoms with Crippen molar-refractivity contribution in [1.29, 1.82) is 0 Å². The van der Waals surface area contributed by atoms with Gasteiger partial charge in [0.1, 0.15) is 0 Å². The average Bonchev–Trinajstić information content (AvgIpc) is 2.25. The molecular weight excluding hydrogens is 202 g/mol. The van der Waals surface area contributed by atoms with Crippen molar-refractivity contribution in [3.63, 3.8) is 0 Å². The Morgan fingerprint density at radius 2 is 1.87 bits per heavy atom. The molecule has 0 radical (unpaired) electrons. The van der Waals surface area contributed by atoms with Crippen LogP contribution in [-0.4, -0.2) is 17.5 Å². The van der Waals surface area contributed by atoms with E-state index in [0.29, 0.717) is 11.3 Å². The molecule has 0 aromatic heterocycles. The van der Waals surface area contributed by atoms with E-state index in [4.69, 9.17) is 0 Å². The van der Waals surface area contributed by atoms with Crippen molar-refractivity contribution in [1.82, 2.24) is 5.32 Å². The van der Waals surface area contributed by atoms with Gasteiger partial charge in [-0.15, -0.1) is 0 Å². The maximum absolute atomic E-state index is 3.53. The van der Waals surface area contributed by atoms with Crippen molar-refractivity contribution in [2.24, 2.45) is 0 Å². The van der Waals surface area contributed by atoms with Crippen molar-refractivity contribution >= 4 is 11.8 Å². The minimum atomic E-state index is 0.489. The summed E-state index contributed by atoms with van der Waals surface area (Å²) in [5, 5.41) is 4.24. The van der Waals surface area contributed by atoms with Gasteiger partial charge in [0.2, 0.25) is 0 Å². The van der Waals surface area contributed by atoms with Crippen LogP contribution >= 0.6 is 11.8 Å². The maximum Gasteiger partial charge on any atom is 0.0411 e. The molecule has 1 aromatic rings. The predicted octanol–water partition coefficient (Wildman–Crippen LogP) is 3.48. The van der Waals surface area contributed by atoms with Crippen LogP contribution in [0.15, 0.2) is 30.3 Å². The highest BCUT2D eigenvalue weighted by Crippen LogP contribution is 2.20. The number of hydrogen-bond donors (Lipinski definition) is 1. The zero-order valence-corrected chi connectivity index (χ0v) is 10.7. The molecule has 84 valence electrons. The fraction of sp³-hybridized carbons (Fsp3) is 0.538. The molecular formula is C13H21NS. The largest absolute Gasteiger partial charge is 0.310 e. The van der Waals surface area contributed by atoms with Gasteiger partial charge in [-0.3, -0.25) is 0 Å². The lowest BCUT2D eigenvalue weighted by Crippen LogP contribution is -2.23. The van der Waals surface area contributed by atoms with Crippen LogP contribution < -0.4 is 5.32 Å². The van der Waals surface area contributed by atoms with Crippen LogP contribution in [0.3, 0.4) is 0 Å². The number of hydrogen-bond acceptors (Lipinski definition) is 2. The van der Waals surface area contributed by atoms with E-state index in [1.165, 1.54) is 5.56 Å². The molecule has 1 atom stereocenters. The van der Waals surface area contributed by atoms with Gasteiger partial charge in [-0.2, -0.15) is 11.8 Å². The van der Waals surface area contributed by atoms with Crippen LogP contribution in [0.2, 0.25) is 0 Å². The van der Waals surface area contributed by atoms with Crippen molar-refractivity contribution in [2.45, 2.75) is 32.1 Å². The molecule has 0 fully saturated rings. The maximum atomic E-state index is 3.53. The van der Waals surface area contributed by atoms with E-state index < -0.39 is 0 Å². The Morgan fingerprint density at radius 3 is 2.40 bits per heavy atom. The first kappa shape index (κ1) is 12.6. The molecule has 1 nitrogen and oxygen atoms in total. The molecule has 15 heavy (non-hydrogen) atoms. The normalized spacial score (nSPS) is 13.1. The van der Waals surface area contributed by atoms with Crippen LogP contribution in [0.4, 0.5) is 0 Å². The summed E-state index contributed by atoms with van der Waals surface area (Å²) in [6, 6.07) is 11.2. The topological polar surface area (TPSA) is 12.0 Å². The van der Waals surface area contributed by atoms with Crippen molar-refractivity contribution < 1.29 is 0 Å². The van der Waals surface area contributed by atoms with Crippen LogP contribution in [0, 0.1) is 0 Å². The Kier molecular flexibility index (Phi) is 5.81. The van der Waals surface area contributed by atoms with Gasteiger partial charge >= 0.3 is 0 Å². The van der Waals surface area contributed by atoms with Gasteiger partial charge in [-0.25, -0.2) is 0 Å². The second-order valence-electron chi connectivity index (χ2n) is 3.90. The molecule has 0 bridgehead atoms. The third-order valence-corrected chi connectivity index (χ3v) is 3.44. The van der Waals surface area contributed by atoms with Gasteiger partial charge in [0.15, 0.2) is 0 Å². The molecule has 0 amide bonds. The highest BCUT2D eigenvalue weighted by Gasteiger charge is 2.10. The molecule has 0 heterocycles. The lowest BCUT2D eigenvalue weighted by atomic mass is 10.1. The third kappa shape index (κ3) is 4.72. The third-order valence-electron chi connectivity index (χ3n) is 2.25. The summed E-state index contributed by atoms with van der Waals surface area (Å²) in [4.78, 5) is 0. The molecule has 0 spiro atoms. The molecule has 0 aliphatic heterocycles. The van der Waals surface area contributed by atoms with E-state index in [-0.39, 0.29) is 0 Å². The Morgan fingerprint density at radius 1 is 1.20 bits per heavy atom. The molecule has 0 saturated heterocycles. The Bertz CT molecular complexity index is 258. The summed E-state index contributed by atoms with van der Waals surface area (Å²) in [7, 11) is 0. The molecule has 0 aliphatic carbocycles. The van der Waals surface area contributed by atoms with Crippen molar-refractivity contribution in [2.75, 3.05) is 12.3 Å². The Balaban J connectivity index is 2.57. The minimum Gasteiger partial charge on any atom is -0.310 e. The number of nitrogens with one attached hydrogen (secondary N) is 1. The molecule has 1 aromatic carbocycles. The number of benzene rings is 1. The smallest absolute Gasteiger partial charge is 0.0411 e. The van der Waals surface area contributed by atoms with Crippen LogP contribution in [0.1, 0.15) is 32.4 Å². The molecule has 1 N–H and O–H groups in total. The lowest BCUT2D eigenvalue weighted by molar-refractivity contribution is 0.605. The van der Waals surface area contributed by atoms with E-state index in [2.05, 4.69) is 56.4 Å². The van der Waals surface area contributed by atoms with E-state index in [1.54, 1.807) is 0 Å². The standard InChI is InChI=1S/C13H21NS/c1-4-14-13(10-15-11(2)3)12-8-6-5-7-9-12/h5-9,11,13-14H,4,10H2,1-3H3. The van der Waals surface area contributed by atoms with E-state index in [9.17, 15) is 0 Å². The summed E-state index contributed by atoms with van der Waals surface area (Å²) in [6.45, 7) is 7.69. The van der Waals surface area contributed by atoms with Gasteiger partial charge < -0.3 is 5.32 Å². The van der Waals surface area contributed by atoms with Gasteiger partial charge in [-0.1, -0.05) is 51.1 Å². The highest BCUT2D eigenvalue weighted by molar-refractivity contribution is 7.99. The first-order valence-electron chi connectivity index (χ1n) is 5.64. The van der Waals surface area contributed by atoms with Crippen molar-refractivity contribution in [3.8, 4) is 0 Å². The van der Waals surface area contributed by atoms with Crippen LogP contribution in [-0.2, 0) is 0 Å². The van der Waals surface area contributed by atoms with E-state index in [1.807, 2.05) is 11.8 Å². The first-order chi connectivity index (χ1) is 7.24. The Hall–Kier alpha value is -0.470. The van der Waals surface area contributed by atoms with Crippen LogP contribution in [0.25, 0.3) is 0 Å². The monoisotopic (exact) mass is 223 g/mol. The lowest BCUT2D eigenvalue weighted by Gasteiger charge is -2.19. The van der Waals surface area contributed by atoms with Gasteiger partial charge in [0.25, 0.3) is 0 Å². The zero-order valence-electron chi connectivity index (χ0n) is 9.86. The summed E-state index contributed by atoms with van der Waals surface area (Å²) in [5.74, 6) is 1.15. The fourth-order valence-electron chi connectivity index (χ4n) is 1.49. The SMILES string of the molecule is CCNC(CSC(C)C)c1ccccc1. The van der Waals surface area contributed by atoms with E-state index in [0.717, 1.165) is 12.3 Å².